The summed E-state index contributed by atoms with van der Waals surface area (Å²) in [6.45, 7) is 1.82. The fraction of sp³-hybridized carbons (Fsp3) is 0.0952. The van der Waals surface area contributed by atoms with Gasteiger partial charge < -0.3 is 4.55 Å². The van der Waals surface area contributed by atoms with Gasteiger partial charge in [-0.15, -0.1) is 0 Å². The van der Waals surface area contributed by atoms with Crippen LogP contribution in [0.15, 0.2) is 82.2 Å². The number of aryl methyl sites for hydroxylation is 1. The van der Waals surface area contributed by atoms with E-state index in [-0.39, 0.29) is 4.90 Å². The molecule has 0 bridgehead atoms. The molecule has 0 aliphatic carbocycles. The Morgan fingerprint density at radius 2 is 1.62 bits per heavy atom. The number of para-hydroxylation sites is 1. The van der Waals surface area contributed by atoms with Gasteiger partial charge in [0, 0.05) is 10.5 Å². The Morgan fingerprint density at radius 3 is 2.24 bits per heavy atom. The van der Waals surface area contributed by atoms with Crippen molar-refractivity contribution in [3.8, 4) is 0 Å². The molecule has 1 heterocycles. The second-order valence-corrected chi connectivity index (χ2v) is 9.72. The minimum absolute atomic E-state index is 0.178. The average Bonchev–Trinajstić information content (AvgIpc) is 3.00. The molecule has 8 heteroatoms. The number of benzene rings is 3. The number of rotatable bonds is 3. The van der Waals surface area contributed by atoms with E-state index < -0.39 is 10.1 Å². The molecule has 0 spiro atoms. The Balaban J connectivity index is 0.000000188. The van der Waals surface area contributed by atoms with Gasteiger partial charge in [0.05, 0.1) is 11.3 Å². The summed E-state index contributed by atoms with van der Waals surface area (Å²) in [6.07, 6.45) is 0.845. The van der Waals surface area contributed by atoms with Crippen LogP contribution in [-0.2, 0) is 16.5 Å². The Kier molecular flexibility index (Phi) is 6.69. The molecule has 4 aromatic rings. The van der Waals surface area contributed by atoms with Gasteiger partial charge in [0.15, 0.2) is 0 Å². The van der Waals surface area contributed by atoms with E-state index in [0.29, 0.717) is 0 Å². The second-order valence-electron chi connectivity index (χ2n) is 6.37. The van der Waals surface area contributed by atoms with E-state index in [4.69, 9.17) is 5.84 Å². The maximum Gasteiger partial charge on any atom is 0.272 e. The van der Waals surface area contributed by atoms with Crippen LogP contribution in [0.4, 0.5) is 0 Å². The first-order chi connectivity index (χ1) is 13.8. The molecular formula is C21H19BrN2O3S2. The summed E-state index contributed by atoms with van der Waals surface area (Å²) < 4.78 is 35.3. The van der Waals surface area contributed by atoms with E-state index in [0.717, 1.165) is 27.0 Å². The highest BCUT2D eigenvalue weighted by Crippen LogP contribution is 2.24. The fourth-order valence-corrected chi connectivity index (χ4v) is 4.67. The zero-order chi connectivity index (χ0) is 21.0. The minimum atomic E-state index is -4.27. The zero-order valence-corrected chi connectivity index (χ0v) is 18.8. The molecule has 0 amide bonds. The highest BCUT2D eigenvalue weighted by Gasteiger charge is 2.18. The van der Waals surface area contributed by atoms with Crippen molar-refractivity contribution in [2.75, 3.05) is 5.84 Å². The Bertz CT molecular complexity index is 1240. The van der Waals surface area contributed by atoms with Gasteiger partial charge >= 0.3 is 0 Å². The summed E-state index contributed by atoms with van der Waals surface area (Å²) in [6, 6.07) is 22.2. The predicted octanol–water partition coefficient (Wildman–Crippen LogP) is 4.16. The Morgan fingerprint density at radius 1 is 1.00 bits per heavy atom. The van der Waals surface area contributed by atoms with Crippen LogP contribution in [0, 0.1) is 6.92 Å². The van der Waals surface area contributed by atoms with Gasteiger partial charge in [0.1, 0.15) is 14.8 Å². The van der Waals surface area contributed by atoms with Gasteiger partial charge in [-0.3, -0.25) is 0 Å². The SMILES string of the molecule is Cc1ccc(S(=O)(=O)[O-])cc1.N[n+]1c(Cc2ccccc2Br)sc2ccccc21. The van der Waals surface area contributed by atoms with E-state index >= 15 is 0 Å². The number of nitrogens with zero attached hydrogens (tertiary/aromatic N) is 1. The molecule has 0 radical (unpaired) electrons. The van der Waals surface area contributed by atoms with Crippen molar-refractivity contribution in [1.82, 2.24) is 0 Å². The lowest BCUT2D eigenvalue weighted by molar-refractivity contribution is -0.614. The normalized spacial score (nSPS) is 11.1. The van der Waals surface area contributed by atoms with E-state index in [2.05, 4.69) is 40.2 Å². The number of fused-ring (bicyclic) bond motifs is 1. The topological polar surface area (TPSA) is 87.1 Å². The van der Waals surface area contributed by atoms with E-state index in [1.165, 1.54) is 22.4 Å². The Hall–Kier alpha value is -2.26. The monoisotopic (exact) mass is 490 g/mol. The molecule has 0 saturated heterocycles. The van der Waals surface area contributed by atoms with Crippen LogP contribution in [0.3, 0.4) is 0 Å². The predicted molar refractivity (Wildman–Crippen MR) is 118 cm³/mol. The summed E-state index contributed by atoms with van der Waals surface area (Å²) in [5, 5.41) is 1.16. The van der Waals surface area contributed by atoms with Gasteiger partial charge in [-0.1, -0.05) is 80.0 Å². The quantitative estimate of drug-likeness (QED) is 0.265. The molecule has 0 unspecified atom stereocenters. The first-order valence-corrected chi connectivity index (χ1v) is 11.7. The number of nitrogen functional groups attached to an aromatic ring is 1. The summed E-state index contributed by atoms with van der Waals surface area (Å²) in [5.74, 6) is 6.15. The summed E-state index contributed by atoms with van der Waals surface area (Å²) in [7, 11) is -4.27. The largest absolute Gasteiger partial charge is 0.744 e. The van der Waals surface area contributed by atoms with Gasteiger partial charge in [-0.2, -0.15) is 0 Å². The van der Waals surface area contributed by atoms with Gasteiger partial charge in [0.2, 0.25) is 0 Å². The number of hydrogen-bond donors (Lipinski definition) is 1. The second kappa shape index (κ2) is 9.04. The van der Waals surface area contributed by atoms with E-state index in [1.807, 2.05) is 31.2 Å². The lowest BCUT2D eigenvalue weighted by Gasteiger charge is -2.05. The third-order valence-corrected chi connectivity index (χ3v) is 7.00. The molecule has 0 saturated carbocycles. The molecule has 0 aliphatic rings. The van der Waals surface area contributed by atoms with Crippen LogP contribution in [0.5, 0.6) is 0 Å². The molecule has 0 atom stereocenters. The Labute approximate surface area is 182 Å². The van der Waals surface area contributed by atoms with Crippen molar-refractivity contribution < 1.29 is 17.6 Å². The van der Waals surface area contributed by atoms with Crippen LogP contribution in [0.25, 0.3) is 10.2 Å². The van der Waals surface area contributed by atoms with Gasteiger partial charge in [-0.25, -0.2) is 14.3 Å². The standard InChI is InChI=1S/C14H12BrN2S.C7H8O3S/c15-11-6-2-1-5-10(11)9-14-17(16)12-7-3-4-8-13(12)18-14;1-6-2-4-7(5-3-6)11(8,9)10/h1-8H,9,16H2;2-5H,1H3,(H,8,9,10)/q+1;/p-1. The van der Waals surface area contributed by atoms with Gasteiger partial charge in [0.25, 0.3) is 10.5 Å². The lowest BCUT2D eigenvalue weighted by atomic mass is 10.2. The first-order valence-electron chi connectivity index (χ1n) is 8.69. The number of nitrogens with two attached hydrogens (primary N) is 1. The molecule has 5 nitrogen and oxygen atoms in total. The third kappa shape index (κ3) is 5.42. The molecule has 1 aromatic heterocycles. The number of hydrogen-bond acceptors (Lipinski definition) is 5. The first kappa shape index (κ1) is 21.4. The zero-order valence-electron chi connectivity index (χ0n) is 15.6. The van der Waals surface area contributed by atoms with Crippen LogP contribution >= 0.6 is 27.3 Å². The summed E-state index contributed by atoms with van der Waals surface area (Å²) in [5.41, 5.74) is 3.27. The minimum Gasteiger partial charge on any atom is -0.744 e. The number of aromatic nitrogens is 1. The highest BCUT2D eigenvalue weighted by molar-refractivity contribution is 9.10. The highest BCUT2D eigenvalue weighted by atomic mass is 79.9. The summed E-state index contributed by atoms with van der Waals surface area (Å²) >= 11 is 5.32. The van der Waals surface area contributed by atoms with E-state index in [1.54, 1.807) is 28.1 Å². The van der Waals surface area contributed by atoms with Crippen molar-refractivity contribution >= 4 is 47.6 Å². The summed E-state index contributed by atoms with van der Waals surface area (Å²) in [4.78, 5) is -0.178. The third-order valence-electron chi connectivity index (χ3n) is 4.23. The van der Waals surface area contributed by atoms with Crippen molar-refractivity contribution in [1.29, 1.82) is 0 Å². The van der Waals surface area contributed by atoms with Gasteiger partial charge in [-0.05, 0) is 36.8 Å². The molecule has 3 aromatic carbocycles. The van der Waals surface area contributed by atoms with Crippen LogP contribution in [0.2, 0.25) is 0 Å². The van der Waals surface area contributed by atoms with Crippen LogP contribution < -0.4 is 10.5 Å². The molecule has 29 heavy (non-hydrogen) atoms. The van der Waals surface area contributed by atoms with Crippen molar-refractivity contribution in [2.24, 2.45) is 0 Å². The van der Waals surface area contributed by atoms with Crippen LogP contribution in [0.1, 0.15) is 16.1 Å². The lowest BCUT2D eigenvalue weighted by Crippen LogP contribution is -2.46. The average molecular weight is 491 g/mol. The molecule has 2 N–H and O–H groups in total. The number of thiazole rings is 1. The van der Waals surface area contributed by atoms with Crippen molar-refractivity contribution in [3.05, 3.63) is 93.4 Å². The molecule has 0 aliphatic heterocycles. The molecule has 4 rings (SSSR count). The number of halogens is 1. The maximum absolute atomic E-state index is 10.4. The van der Waals surface area contributed by atoms with Crippen LogP contribution in [-0.4, -0.2) is 13.0 Å². The molecular weight excluding hydrogens is 472 g/mol. The van der Waals surface area contributed by atoms with E-state index in [9.17, 15) is 13.0 Å². The van der Waals surface area contributed by atoms with Crippen molar-refractivity contribution in [2.45, 2.75) is 18.2 Å². The molecule has 150 valence electrons. The van der Waals surface area contributed by atoms with Crippen molar-refractivity contribution in [3.63, 3.8) is 0 Å². The maximum atomic E-state index is 10.4. The smallest absolute Gasteiger partial charge is 0.272 e. The molecule has 0 fully saturated rings. The fourth-order valence-electron chi connectivity index (χ4n) is 2.68.